The van der Waals surface area contributed by atoms with Gasteiger partial charge in [0.05, 0.1) is 35.2 Å². The second-order valence-corrected chi connectivity index (χ2v) is 7.46. The molecular formula is C22H15ClN2O4S. The Balaban J connectivity index is 1.88. The Hall–Kier alpha value is -3.39. The normalized spacial score (nSPS) is 14.5. The molecule has 0 spiro atoms. The van der Waals surface area contributed by atoms with Crippen molar-refractivity contribution in [2.45, 2.75) is 6.54 Å². The van der Waals surface area contributed by atoms with Crippen molar-refractivity contribution in [1.82, 2.24) is 4.90 Å². The molecule has 0 aliphatic carbocycles. The molecule has 0 radical (unpaired) electrons. The average molecular weight is 439 g/mol. The van der Waals surface area contributed by atoms with Crippen molar-refractivity contribution in [2.75, 3.05) is 13.7 Å². The van der Waals surface area contributed by atoms with Gasteiger partial charge in [-0.25, -0.2) is 0 Å². The number of carbonyl (C=O) groups excluding carboxylic acids is 2. The first-order valence-electron chi connectivity index (χ1n) is 8.65. The van der Waals surface area contributed by atoms with Crippen LogP contribution in [0.2, 0.25) is 5.02 Å². The van der Waals surface area contributed by atoms with Gasteiger partial charge in [-0.2, -0.15) is 5.26 Å². The first kappa shape index (κ1) is 21.3. The molecule has 0 atom stereocenters. The summed E-state index contributed by atoms with van der Waals surface area (Å²) in [5.41, 5.74) is 1.58. The minimum Gasteiger partial charge on any atom is -0.493 e. The molecule has 1 fully saturated rings. The highest BCUT2D eigenvalue weighted by Gasteiger charge is 2.35. The number of carbonyl (C=O) groups is 2. The average Bonchev–Trinajstić information content (AvgIpc) is 3.00. The number of terminal acetylenes is 1. The maximum absolute atomic E-state index is 12.8. The second-order valence-electron chi connectivity index (χ2n) is 6.06. The molecule has 2 aromatic carbocycles. The molecular weight excluding hydrogens is 424 g/mol. The number of imide groups is 1. The van der Waals surface area contributed by atoms with Crippen LogP contribution in [-0.2, 0) is 11.3 Å². The van der Waals surface area contributed by atoms with Gasteiger partial charge >= 0.3 is 0 Å². The first-order valence-corrected chi connectivity index (χ1v) is 9.85. The summed E-state index contributed by atoms with van der Waals surface area (Å²) in [6.07, 6.45) is 6.76. The highest BCUT2D eigenvalue weighted by atomic mass is 35.5. The number of nitrogens with zero attached hydrogens (tertiary/aromatic N) is 2. The van der Waals surface area contributed by atoms with Crippen molar-refractivity contribution < 1.29 is 19.1 Å². The summed E-state index contributed by atoms with van der Waals surface area (Å²) in [7, 11) is 1.46. The van der Waals surface area contributed by atoms with Gasteiger partial charge in [0, 0.05) is 0 Å². The Bertz CT molecular complexity index is 1130. The van der Waals surface area contributed by atoms with E-state index in [9.17, 15) is 14.9 Å². The summed E-state index contributed by atoms with van der Waals surface area (Å²) in [5.74, 6) is 2.56. The SMILES string of the molecule is C#CCOc1c(Cl)cc(/C=C2/SC(=O)N(Cc3ccccc3C#N)C2=O)cc1OC. The zero-order valence-corrected chi connectivity index (χ0v) is 17.4. The Morgan fingerprint density at radius 1 is 1.30 bits per heavy atom. The van der Waals surface area contributed by atoms with Gasteiger partial charge < -0.3 is 9.47 Å². The van der Waals surface area contributed by atoms with Crippen LogP contribution in [-0.4, -0.2) is 29.8 Å². The van der Waals surface area contributed by atoms with Crippen LogP contribution in [0.1, 0.15) is 16.7 Å². The third kappa shape index (κ3) is 4.44. The molecule has 2 aromatic rings. The minimum atomic E-state index is -0.444. The third-order valence-electron chi connectivity index (χ3n) is 4.19. The molecule has 1 saturated heterocycles. The lowest BCUT2D eigenvalue weighted by molar-refractivity contribution is -0.123. The number of benzene rings is 2. The van der Waals surface area contributed by atoms with Crippen LogP contribution in [0, 0.1) is 23.7 Å². The van der Waals surface area contributed by atoms with Crippen molar-refractivity contribution in [2.24, 2.45) is 0 Å². The lowest BCUT2D eigenvalue weighted by atomic mass is 10.1. The molecule has 6 nitrogen and oxygen atoms in total. The minimum absolute atomic E-state index is 0.0225. The van der Waals surface area contributed by atoms with E-state index in [1.165, 1.54) is 7.11 Å². The number of nitriles is 1. The summed E-state index contributed by atoms with van der Waals surface area (Å²) < 4.78 is 10.7. The van der Waals surface area contributed by atoms with Gasteiger partial charge in [0.2, 0.25) is 0 Å². The smallest absolute Gasteiger partial charge is 0.293 e. The van der Waals surface area contributed by atoms with Gasteiger partial charge in [0.15, 0.2) is 11.5 Å². The molecule has 8 heteroatoms. The molecule has 1 heterocycles. The summed E-state index contributed by atoms with van der Waals surface area (Å²) in [6, 6.07) is 12.1. The molecule has 150 valence electrons. The maximum Gasteiger partial charge on any atom is 0.293 e. The maximum atomic E-state index is 12.8. The molecule has 1 aliphatic heterocycles. The van der Waals surface area contributed by atoms with Gasteiger partial charge in [-0.3, -0.25) is 14.5 Å². The Morgan fingerprint density at radius 2 is 2.07 bits per heavy atom. The predicted molar refractivity (Wildman–Crippen MR) is 115 cm³/mol. The van der Waals surface area contributed by atoms with Crippen LogP contribution in [0.3, 0.4) is 0 Å². The second kappa shape index (κ2) is 9.41. The van der Waals surface area contributed by atoms with E-state index >= 15 is 0 Å². The van der Waals surface area contributed by atoms with Crippen LogP contribution < -0.4 is 9.47 Å². The van der Waals surface area contributed by atoms with Gasteiger partial charge in [0.1, 0.15) is 6.61 Å². The Labute approximate surface area is 183 Å². The lowest BCUT2D eigenvalue weighted by Crippen LogP contribution is -2.27. The zero-order valence-electron chi connectivity index (χ0n) is 15.8. The molecule has 1 aliphatic rings. The zero-order chi connectivity index (χ0) is 21.7. The number of methoxy groups -OCH3 is 1. The topological polar surface area (TPSA) is 79.6 Å². The van der Waals surface area contributed by atoms with Gasteiger partial charge in [-0.1, -0.05) is 35.7 Å². The fourth-order valence-electron chi connectivity index (χ4n) is 2.80. The highest BCUT2D eigenvalue weighted by Crippen LogP contribution is 2.39. The van der Waals surface area contributed by atoms with E-state index < -0.39 is 11.1 Å². The summed E-state index contributed by atoms with van der Waals surface area (Å²) >= 11 is 7.09. The van der Waals surface area contributed by atoms with Gasteiger partial charge in [0.25, 0.3) is 11.1 Å². The molecule has 2 amide bonds. The van der Waals surface area contributed by atoms with Gasteiger partial charge in [-0.05, 0) is 47.2 Å². The molecule has 0 saturated carbocycles. The number of rotatable bonds is 6. The number of halogens is 1. The number of amides is 2. The standard InChI is InChI=1S/C22H15ClN2O4S/c1-3-8-29-20-17(23)9-14(10-18(20)28-2)11-19-21(26)25(22(27)30-19)13-16-7-5-4-6-15(16)12-24/h1,4-7,9-11H,8,13H2,2H3/b19-11+. The van der Waals surface area contributed by atoms with E-state index in [-0.39, 0.29) is 23.1 Å². The fourth-order valence-corrected chi connectivity index (χ4v) is 3.91. The molecule has 0 N–H and O–H groups in total. The van der Waals surface area contributed by atoms with Crippen molar-refractivity contribution in [3.63, 3.8) is 0 Å². The van der Waals surface area contributed by atoms with Crippen molar-refractivity contribution >= 4 is 40.6 Å². The Kier molecular flexibility index (Phi) is 6.68. The van der Waals surface area contributed by atoms with Crippen molar-refractivity contribution in [1.29, 1.82) is 5.26 Å². The summed E-state index contributed by atoms with van der Waals surface area (Å²) in [6.45, 7) is 0.0488. The van der Waals surface area contributed by atoms with E-state index in [2.05, 4.69) is 12.0 Å². The van der Waals surface area contributed by atoms with Crippen molar-refractivity contribution in [3.05, 3.63) is 63.0 Å². The first-order chi connectivity index (χ1) is 14.5. The van der Waals surface area contributed by atoms with E-state index in [0.717, 1.165) is 16.7 Å². The van der Waals surface area contributed by atoms with E-state index in [4.69, 9.17) is 27.5 Å². The number of thioether (sulfide) groups is 1. The molecule has 0 aromatic heterocycles. The molecule has 30 heavy (non-hydrogen) atoms. The molecule has 0 bridgehead atoms. The van der Waals surface area contributed by atoms with E-state index in [1.807, 2.05) is 0 Å². The highest BCUT2D eigenvalue weighted by molar-refractivity contribution is 8.18. The monoisotopic (exact) mass is 438 g/mol. The number of ether oxygens (including phenoxy) is 2. The van der Waals surface area contributed by atoms with E-state index in [1.54, 1.807) is 42.5 Å². The van der Waals surface area contributed by atoms with Crippen LogP contribution in [0.25, 0.3) is 6.08 Å². The van der Waals surface area contributed by atoms with Gasteiger partial charge in [-0.15, -0.1) is 6.42 Å². The third-order valence-corrected chi connectivity index (χ3v) is 5.38. The Morgan fingerprint density at radius 3 is 2.77 bits per heavy atom. The van der Waals surface area contributed by atoms with Crippen LogP contribution in [0.4, 0.5) is 4.79 Å². The summed E-state index contributed by atoms with van der Waals surface area (Å²) in [5, 5.41) is 9.07. The number of hydrogen-bond acceptors (Lipinski definition) is 6. The van der Waals surface area contributed by atoms with Crippen molar-refractivity contribution in [3.8, 4) is 29.9 Å². The quantitative estimate of drug-likeness (QED) is 0.489. The summed E-state index contributed by atoms with van der Waals surface area (Å²) in [4.78, 5) is 26.5. The predicted octanol–water partition coefficient (Wildman–Crippen LogP) is 4.47. The van der Waals surface area contributed by atoms with Crippen LogP contribution in [0.15, 0.2) is 41.3 Å². The fraction of sp³-hybridized carbons (Fsp3) is 0.136. The van der Waals surface area contributed by atoms with Crippen LogP contribution in [0.5, 0.6) is 11.5 Å². The largest absolute Gasteiger partial charge is 0.493 e. The lowest BCUT2D eigenvalue weighted by Gasteiger charge is -2.13. The molecule has 3 rings (SSSR count). The number of hydrogen-bond donors (Lipinski definition) is 0. The van der Waals surface area contributed by atoms with Crippen LogP contribution >= 0.6 is 23.4 Å². The molecule has 0 unspecified atom stereocenters. The van der Waals surface area contributed by atoms with E-state index in [0.29, 0.717) is 28.2 Å².